The van der Waals surface area contributed by atoms with Gasteiger partial charge in [-0.1, -0.05) is 121 Å². The summed E-state index contributed by atoms with van der Waals surface area (Å²) in [5.74, 6) is -2.43. The van der Waals surface area contributed by atoms with Crippen molar-refractivity contribution in [2.75, 3.05) is 0 Å². The van der Waals surface area contributed by atoms with E-state index in [2.05, 4.69) is 15.0 Å². The van der Waals surface area contributed by atoms with Crippen molar-refractivity contribution in [3.8, 4) is 45.3 Å². The molecule has 0 spiro atoms. The van der Waals surface area contributed by atoms with E-state index < -0.39 is 202 Å². The average Bonchev–Trinajstić information content (AvgIpc) is 4.07. The predicted octanol–water partition coefficient (Wildman–Crippen LogP) is 12.1. The molecule has 0 fully saturated rings. The van der Waals surface area contributed by atoms with E-state index in [0.717, 1.165) is 11.3 Å². The summed E-state index contributed by atoms with van der Waals surface area (Å²) in [6, 6.07) is -20.3. The minimum absolute atomic E-state index is 0.00331. The van der Waals surface area contributed by atoms with Gasteiger partial charge in [0.15, 0.2) is 17.5 Å². The first-order valence-electron chi connectivity index (χ1n) is 27.7. The SMILES string of the molecule is [2H]c1c([2H])c([2H])c(-c2nc(-c3c([2H])c([2H])c([2H])c([2H])c3[2H])nc(-c3c([2H])c([2H])c([2H])c(-c4c([2H])c([2H])c5c(c4[2H])c4c([2H])c6c(sc7c([2H])c([2H])c([2H])c([2H])c76)c6c7c([2H])c([2H])c([2H])c([2H])c7n5c46)c3[2H])n2)c([2H])c1[2H]. The average molecular weight is 681 g/mol. The number of thiophene rings is 1. The molecule has 50 heavy (non-hydrogen) atoms. The van der Waals surface area contributed by atoms with Crippen LogP contribution in [0.3, 0.4) is 0 Å². The molecule has 4 nitrogen and oxygen atoms in total. The Morgan fingerprint density at radius 2 is 1.00 bits per heavy atom. The number of hydrogen-bond acceptors (Lipinski definition) is 4. The van der Waals surface area contributed by atoms with E-state index in [9.17, 15) is 8.22 Å². The van der Waals surface area contributed by atoms with Gasteiger partial charge in [-0.2, -0.15) is 0 Å². The smallest absolute Gasteiger partial charge is 0.164 e. The number of fused-ring (bicyclic) bond motifs is 10. The molecule has 0 bridgehead atoms. The first kappa shape index (κ1) is 12.5. The van der Waals surface area contributed by atoms with Crippen LogP contribution < -0.4 is 0 Å². The molecule has 4 aromatic heterocycles. The standard InChI is InChI=1S/C45H26N4S/c1-3-12-27(13-4-1)43-46-44(28-14-5-2-6-15-28)48-45(47-43)31-17-11-16-29(24-31)30-22-23-38-34(25-30)35-26-36-32-18-8-10-21-39(32)50-42(36)40-33-19-7-9-20-37(33)49(38)41(35)40/h1-26H/i1D,2D,3D,4D,5D,6D,7D,8D,9D,10D,11D,12D,13D,14D,15D,16D,17D,18D,19D,20D,21D,22D,23D,24D,25D,26D. The van der Waals surface area contributed by atoms with Crippen molar-refractivity contribution >= 4 is 69.6 Å². The number of para-hydroxylation sites is 1. The van der Waals surface area contributed by atoms with Crippen molar-refractivity contribution in [3.63, 3.8) is 0 Å². The lowest BCUT2D eigenvalue weighted by Crippen LogP contribution is -2.00. The quantitative estimate of drug-likeness (QED) is 0.186. The summed E-state index contributed by atoms with van der Waals surface area (Å²) in [7, 11) is 0. The maximum absolute atomic E-state index is 9.95. The molecule has 0 saturated carbocycles. The van der Waals surface area contributed by atoms with Crippen molar-refractivity contribution in [3.05, 3.63) is 157 Å². The Bertz CT molecular complexity index is 4460. The van der Waals surface area contributed by atoms with Gasteiger partial charge < -0.3 is 4.40 Å². The maximum atomic E-state index is 9.95. The number of nitrogens with zero attached hydrogens (tertiary/aromatic N) is 4. The zero-order valence-electron chi connectivity index (χ0n) is 50.7. The number of aromatic nitrogens is 4. The molecule has 0 amide bonds. The molecule has 232 valence electrons. The topological polar surface area (TPSA) is 43.1 Å². The van der Waals surface area contributed by atoms with Crippen LogP contribution in [0.4, 0.5) is 0 Å². The Morgan fingerprint density at radius 3 is 1.76 bits per heavy atom. The van der Waals surface area contributed by atoms with Crippen LogP contribution in [-0.4, -0.2) is 19.4 Å². The number of rotatable bonds is 4. The van der Waals surface area contributed by atoms with E-state index in [0.29, 0.717) is 0 Å². The number of hydrogen-bond donors (Lipinski definition) is 0. The van der Waals surface area contributed by atoms with E-state index >= 15 is 0 Å². The second kappa shape index (κ2) is 10.5. The highest BCUT2D eigenvalue weighted by Gasteiger charge is 2.22. The third-order valence-corrected chi connectivity index (χ3v) is 9.22. The van der Waals surface area contributed by atoms with Crippen LogP contribution >= 0.6 is 11.3 Å². The first-order valence-corrected chi connectivity index (χ1v) is 15.5. The Hall–Kier alpha value is -6.43. The molecule has 11 aromatic rings. The molecule has 0 aliphatic heterocycles. The lowest BCUT2D eigenvalue weighted by molar-refractivity contribution is 1.07. The fourth-order valence-corrected chi connectivity index (χ4v) is 7.16. The molecule has 0 aliphatic carbocycles. The molecule has 0 saturated heterocycles. The molecule has 0 N–H and O–H groups in total. The van der Waals surface area contributed by atoms with E-state index in [-0.39, 0.29) is 58.3 Å². The van der Waals surface area contributed by atoms with E-state index in [1.807, 2.05) is 0 Å². The van der Waals surface area contributed by atoms with Gasteiger partial charge in [-0.3, -0.25) is 0 Å². The fourth-order valence-electron chi connectivity index (χ4n) is 6.05. The molecular formula is C45H26N4S. The molecule has 0 unspecified atom stereocenters. The molecule has 0 aliphatic rings. The minimum atomic E-state index is -1.00. The normalized spacial score (nSPS) is 19.3. The van der Waals surface area contributed by atoms with E-state index in [1.54, 1.807) is 0 Å². The van der Waals surface area contributed by atoms with Crippen LogP contribution in [0.2, 0.25) is 0 Å². The van der Waals surface area contributed by atoms with Crippen LogP contribution in [0.1, 0.15) is 35.6 Å². The Labute approximate surface area is 327 Å². The molecule has 7 aromatic carbocycles. The van der Waals surface area contributed by atoms with Gasteiger partial charge >= 0.3 is 0 Å². The number of benzene rings is 7. The summed E-state index contributed by atoms with van der Waals surface area (Å²) < 4.78 is 232. The summed E-state index contributed by atoms with van der Waals surface area (Å²) in [6.07, 6.45) is 0. The minimum Gasteiger partial charge on any atom is -0.308 e. The zero-order chi connectivity index (χ0) is 55.4. The summed E-state index contributed by atoms with van der Waals surface area (Å²) >= 11 is 0.833. The lowest BCUT2D eigenvalue weighted by Gasteiger charge is -2.10. The highest BCUT2D eigenvalue weighted by molar-refractivity contribution is 7.26. The van der Waals surface area contributed by atoms with Gasteiger partial charge in [-0.15, -0.1) is 11.3 Å². The van der Waals surface area contributed by atoms with Crippen molar-refractivity contribution in [1.29, 1.82) is 0 Å². The maximum Gasteiger partial charge on any atom is 0.164 e. The zero-order valence-corrected chi connectivity index (χ0v) is 25.5. The summed E-state index contributed by atoms with van der Waals surface area (Å²) in [4.78, 5) is 12.8. The lowest BCUT2D eigenvalue weighted by atomic mass is 9.99. The molecular weight excluding hydrogens is 629 g/mol. The van der Waals surface area contributed by atoms with Crippen molar-refractivity contribution in [2.45, 2.75) is 0 Å². The molecule has 4 heterocycles. The fraction of sp³-hybridized carbons (Fsp3) is 0. The third-order valence-electron chi connectivity index (χ3n) is 8.10. The summed E-state index contributed by atoms with van der Waals surface area (Å²) in [6.45, 7) is 0. The van der Waals surface area contributed by atoms with Crippen LogP contribution in [0, 0.1) is 0 Å². The largest absolute Gasteiger partial charge is 0.308 e. The van der Waals surface area contributed by atoms with Crippen molar-refractivity contribution in [1.82, 2.24) is 19.4 Å². The van der Waals surface area contributed by atoms with Crippen molar-refractivity contribution < 1.29 is 35.6 Å². The molecule has 0 atom stereocenters. The first-order chi connectivity index (χ1) is 35.6. The van der Waals surface area contributed by atoms with Gasteiger partial charge in [-0.25, -0.2) is 15.0 Å². The Kier molecular flexibility index (Phi) is 2.63. The van der Waals surface area contributed by atoms with Crippen LogP contribution in [0.25, 0.3) is 104 Å². The monoisotopic (exact) mass is 680 g/mol. The van der Waals surface area contributed by atoms with E-state index in [1.165, 1.54) is 4.40 Å². The molecule has 0 radical (unpaired) electrons. The van der Waals surface area contributed by atoms with Crippen LogP contribution in [0.15, 0.2) is 157 Å². The summed E-state index contributed by atoms with van der Waals surface area (Å²) in [5, 5.41) is -0.915. The van der Waals surface area contributed by atoms with Crippen LogP contribution in [0.5, 0.6) is 0 Å². The van der Waals surface area contributed by atoms with Gasteiger partial charge in [0.2, 0.25) is 0 Å². The highest BCUT2D eigenvalue weighted by atomic mass is 32.1. The van der Waals surface area contributed by atoms with Crippen LogP contribution in [-0.2, 0) is 0 Å². The Morgan fingerprint density at radius 1 is 0.420 bits per heavy atom. The van der Waals surface area contributed by atoms with Gasteiger partial charge in [0.25, 0.3) is 0 Å². The Balaban J connectivity index is 1.31. The highest BCUT2D eigenvalue weighted by Crippen LogP contribution is 2.48. The predicted molar refractivity (Wildman–Crippen MR) is 209 cm³/mol. The summed E-state index contributed by atoms with van der Waals surface area (Å²) in [5.41, 5.74) is -4.35. The molecule has 5 heteroatoms. The van der Waals surface area contributed by atoms with E-state index in [4.69, 9.17) is 27.4 Å². The van der Waals surface area contributed by atoms with Gasteiger partial charge in [0, 0.05) is 58.4 Å². The third kappa shape index (κ3) is 4.01. The van der Waals surface area contributed by atoms with Gasteiger partial charge in [0.05, 0.1) is 52.2 Å². The van der Waals surface area contributed by atoms with Crippen molar-refractivity contribution in [2.24, 2.45) is 0 Å². The molecule has 11 rings (SSSR count). The second-order valence-corrected chi connectivity index (χ2v) is 11.8. The second-order valence-electron chi connectivity index (χ2n) is 10.8. The van der Waals surface area contributed by atoms with Gasteiger partial charge in [0.1, 0.15) is 0 Å². The van der Waals surface area contributed by atoms with Gasteiger partial charge in [-0.05, 0) is 47.4 Å².